The van der Waals surface area contributed by atoms with Crippen molar-refractivity contribution in [2.24, 2.45) is 5.92 Å². The number of aliphatic hydroxyl groups is 1. The summed E-state index contributed by atoms with van der Waals surface area (Å²) >= 11 is 9.03. The van der Waals surface area contributed by atoms with Gasteiger partial charge in [-0.3, -0.25) is 0 Å². The van der Waals surface area contributed by atoms with E-state index in [0.29, 0.717) is 15.1 Å². The number of rotatable bonds is 2. The Bertz CT molecular complexity index is 365. The zero-order chi connectivity index (χ0) is 10.3. The number of aliphatic hydroxyl groups excluding tert-OH is 1. The Kier molecular flexibility index (Phi) is 2.82. The van der Waals surface area contributed by atoms with Gasteiger partial charge < -0.3 is 5.11 Å². The van der Waals surface area contributed by atoms with Crippen molar-refractivity contribution in [2.75, 3.05) is 0 Å². The largest absolute Gasteiger partial charge is 0.388 e. The summed E-state index contributed by atoms with van der Waals surface area (Å²) in [6, 6.07) is 2.76. The van der Waals surface area contributed by atoms with Crippen molar-refractivity contribution in [3.63, 3.8) is 0 Å². The summed E-state index contributed by atoms with van der Waals surface area (Å²) in [4.78, 5) is 0. The van der Waals surface area contributed by atoms with Gasteiger partial charge in [0, 0.05) is 10.0 Å². The van der Waals surface area contributed by atoms with Gasteiger partial charge in [0.25, 0.3) is 0 Å². The first-order valence-electron chi connectivity index (χ1n) is 4.42. The van der Waals surface area contributed by atoms with Crippen molar-refractivity contribution < 1.29 is 9.50 Å². The highest BCUT2D eigenvalue weighted by atomic mass is 79.9. The average Bonchev–Trinajstić information content (AvgIpc) is 2.95. The molecule has 1 aromatic rings. The summed E-state index contributed by atoms with van der Waals surface area (Å²) in [5.41, 5.74) is 0.292. The third kappa shape index (κ3) is 1.81. The van der Waals surface area contributed by atoms with E-state index in [1.165, 1.54) is 12.1 Å². The lowest BCUT2D eigenvalue weighted by Crippen LogP contribution is -2.04. The van der Waals surface area contributed by atoms with Gasteiger partial charge in [-0.05, 0) is 46.8 Å². The fourth-order valence-electron chi connectivity index (χ4n) is 1.46. The van der Waals surface area contributed by atoms with Crippen LogP contribution in [0.2, 0.25) is 5.02 Å². The Labute approximate surface area is 95.0 Å². The van der Waals surface area contributed by atoms with Gasteiger partial charge in [-0.2, -0.15) is 0 Å². The summed E-state index contributed by atoms with van der Waals surface area (Å²) in [6.45, 7) is 0. The molecule has 1 fully saturated rings. The van der Waals surface area contributed by atoms with E-state index < -0.39 is 11.9 Å². The fourth-order valence-corrected chi connectivity index (χ4v) is 2.18. The summed E-state index contributed by atoms with van der Waals surface area (Å²) in [5.74, 6) is -0.208. The molecule has 0 heterocycles. The highest BCUT2D eigenvalue weighted by Crippen LogP contribution is 2.44. The van der Waals surface area contributed by atoms with E-state index >= 15 is 0 Å². The molecule has 1 aliphatic carbocycles. The lowest BCUT2D eigenvalue weighted by molar-refractivity contribution is 0.148. The van der Waals surface area contributed by atoms with E-state index in [0.717, 1.165) is 12.8 Å². The first-order valence-corrected chi connectivity index (χ1v) is 5.60. The molecule has 14 heavy (non-hydrogen) atoms. The average molecular weight is 280 g/mol. The zero-order valence-corrected chi connectivity index (χ0v) is 9.65. The van der Waals surface area contributed by atoms with Crippen LogP contribution in [0.5, 0.6) is 0 Å². The molecule has 4 heteroatoms. The number of hydrogen-bond donors (Lipinski definition) is 1. The van der Waals surface area contributed by atoms with E-state index in [1.54, 1.807) is 0 Å². The molecule has 1 atom stereocenters. The van der Waals surface area contributed by atoms with Crippen LogP contribution in [0.4, 0.5) is 4.39 Å². The second-order valence-electron chi connectivity index (χ2n) is 3.54. The highest BCUT2D eigenvalue weighted by Gasteiger charge is 2.34. The van der Waals surface area contributed by atoms with Crippen molar-refractivity contribution in [1.29, 1.82) is 0 Å². The first kappa shape index (κ1) is 10.4. The van der Waals surface area contributed by atoms with Crippen LogP contribution in [0.3, 0.4) is 0 Å². The molecule has 76 valence electrons. The van der Waals surface area contributed by atoms with Gasteiger partial charge in [0.15, 0.2) is 0 Å². The minimum absolute atomic E-state index is 0.194. The predicted octanol–water partition coefficient (Wildman–Crippen LogP) is 3.69. The maximum atomic E-state index is 13.4. The van der Waals surface area contributed by atoms with Gasteiger partial charge in [-0.15, -0.1) is 0 Å². The minimum Gasteiger partial charge on any atom is -0.388 e. The quantitative estimate of drug-likeness (QED) is 0.819. The van der Waals surface area contributed by atoms with Crippen LogP contribution in [0.25, 0.3) is 0 Å². The van der Waals surface area contributed by atoms with Gasteiger partial charge >= 0.3 is 0 Å². The first-order chi connectivity index (χ1) is 6.61. The third-order valence-electron chi connectivity index (χ3n) is 2.44. The molecule has 0 amide bonds. The van der Waals surface area contributed by atoms with Gasteiger partial charge in [0.2, 0.25) is 0 Å². The van der Waals surface area contributed by atoms with Crippen LogP contribution in [-0.4, -0.2) is 5.11 Å². The second kappa shape index (κ2) is 3.80. The fraction of sp³-hybridized carbons (Fsp3) is 0.400. The molecule has 1 unspecified atom stereocenters. The molecular formula is C10H9BrClFO. The van der Waals surface area contributed by atoms with Crippen LogP contribution in [0, 0.1) is 11.7 Å². The summed E-state index contributed by atoms with van der Waals surface area (Å²) < 4.78 is 13.9. The second-order valence-corrected chi connectivity index (χ2v) is 4.74. The molecule has 0 aromatic heterocycles. The van der Waals surface area contributed by atoms with Crippen LogP contribution >= 0.6 is 27.5 Å². The smallest absolute Gasteiger partial charge is 0.130 e. The number of benzene rings is 1. The van der Waals surface area contributed by atoms with E-state index in [4.69, 9.17) is 11.6 Å². The topological polar surface area (TPSA) is 20.2 Å². The Morgan fingerprint density at radius 1 is 1.50 bits per heavy atom. The van der Waals surface area contributed by atoms with Gasteiger partial charge in [0.1, 0.15) is 5.82 Å². The molecule has 1 aromatic carbocycles. The SMILES string of the molecule is OC(c1c(F)ccc(Cl)c1Br)C1CC1. The number of hydrogen-bond acceptors (Lipinski definition) is 1. The molecule has 1 N–H and O–H groups in total. The molecule has 1 nitrogen and oxygen atoms in total. The van der Waals surface area contributed by atoms with E-state index in [9.17, 15) is 9.50 Å². The molecule has 0 radical (unpaired) electrons. The highest BCUT2D eigenvalue weighted by molar-refractivity contribution is 9.10. The van der Waals surface area contributed by atoms with Crippen molar-refractivity contribution in [3.05, 3.63) is 33.0 Å². The molecule has 1 saturated carbocycles. The normalized spacial score (nSPS) is 18.3. The lowest BCUT2D eigenvalue weighted by atomic mass is 10.1. The summed E-state index contributed by atoms with van der Waals surface area (Å²) in [6.07, 6.45) is 1.18. The monoisotopic (exact) mass is 278 g/mol. The molecule has 0 saturated heterocycles. The van der Waals surface area contributed by atoms with Crippen molar-refractivity contribution in [3.8, 4) is 0 Å². The Hall–Kier alpha value is -0.120. The van der Waals surface area contributed by atoms with Crippen molar-refractivity contribution in [2.45, 2.75) is 18.9 Å². The maximum absolute atomic E-state index is 13.4. The zero-order valence-electron chi connectivity index (χ0n) is 7.30. The van der Waals surface area contributed by atoms with Crippen LogP contribution < -0.4 is 0 Å². The molecule has 1 aliphatic rings. The number of halogens is 3. The van der Waals surface area contributed by atoms with Gasteiger partial charge in [-0.25, -0.2) is 4.39 Å². The van der Waals surface area contributed by atoms with Crippen molar-refractivity contribution >= 4 is 27.5 Å². The molecule has 0 bridgehead atoms. The van der Waals surface area contributed by atoms with Gasteiger partial charge in [-0.1, -0.05) is 11.6 Å². The van der Waals surface area contributed by atoms with E-state index in [-0.39, 0.29) is 5.92 Å². The standard InChI is InChI=1S/C10H9BrClFO/c11-9-6(12)3-4-7(13)8(9)10(14)5-1-2-5/h3-5,10,14H,1-2H2. The minimum atomic E-state index is -0.733. The van der Waals surface area contributed by atoms with E-state index in [2.05, 4.69) is 15.9 Å². The predicted molar refractivity (Wildman–Crippen MR) is 56.8 cm³/mol. The van der Waals surface area contributed by atoms with Crippen molar-refractivity contribution in [1.82, 2.24) is 0 Å². The van der Waals surface area contributed by atoms with Crippen LogP contribution in [-0.2, 0) is 0 Å². The Morgan fingerprint density at radius 2 is 2.14 bits per heavy atom. The molecular weight excluding hydrogens is 270 g/mol. The van der Waals surface area contributed by atoms with E-state index in [1.807, 2.05) is 0 Å². The summed E-state index contributed by atoms with van der Waals surface area (Å²) in [5, 5.41) is 10.2. The van der Waals surface area contributed by atoms with Crippen LogP contribution in [0.1, 0.15) is 24.5 Å². The molecule has 2 rings (SSSR count). The Morgan fingerprint density at radius 3 is 2.71 bits per heavy atom. The van der Waals surface area contributed by atoms with Gasteiger partial charge in [0.05, 0.1) is 11.1 Å². The maximum Gasteiger partial charge on any atom is 0.130 e. The third-order valence-corrected chi connectivity index (χ3v) is 3.84. The molecule has 0 aliphatic heterocycles. The molecule has 0 spiro atoms. The summed E-state index contributed by atoms with van der Waals surface area (Å²) in [7, 11) is 0. The lowest BCUT2D eigenvalue weighted by Gasteiger charge is -2.13. The van der Waals surface area contributed by atoms with Crippen LogP contribution in [0.15, 0.2) is 16.6 Å². The Balaban J connectivity index is 2.43.